The van der Waals surface area contributed by atoms with Crippen LogP contribution in [0.3, 0.4) is 0 Å². The third kappa shape index (κ3) is 5.21. The Morgan fingerprint density at radius 2 is 2.05 bits per heavy atom. The summed E-state index contributed by atoms with van der Waals surface area (Å²) in [6.45, 7) is 7.78. The van der Waals surface area contributed by atoms with Crippen LogP contribution in [0.15, 0.2) is 24.3 Å². The van der Waals surface area contributed by atoms with Crippen molar-refractivity contribution in [1.82, 2.24) is 5.32 Å². The first-order valence-electron chi connectivity index (χ1n) is 7.00. The Kier molecular flexibility index (Phi) is 6.02. The molecule has 0 saturated heterocycles. The Morgan fingerprint density at radius 3 is 2.65 bits per heavy atom. The minimum absolute atomic E-state index is 0.0655. The van der Waals surface area contributed by atoms with Gasteiger partial charge in [0.2, 0.25) is 5.91 Å². The van der Waals surface area contributed by atoms with Gasteiger partial charge in [0, 0.05) is 6.42 Å². The molecule has 2 N–H and O–H groups in total. The van der Waals surface area contributed by atoms with Crippen LogP contribution in [0.2, 0.25) is 0 Å². The maximum Gasteiger partial charge on any atom is 0.220 e. The minimum atomic E-state index is -0.603. The minimum Gasteiger partial charge on any atom is -0.493 e. The molecule has 0 spiro atoms. The van der Waals surface area contributed by atoms with Crippen molar-refractivity contribution in [3.05, 3.63) is 29.8 Å². The third-order valence-electron chi connectivity index (χ3n) is 3.41. The summed E-state index contributed by atoms with van der Waals surface area (Å²) >= 11 is 0. The van der Waals surface area contributed by atoms with Gasteiger partial charge in [-0.15, -0.1) is 0 Å². The number of nitrogens with one attached hydrogen (secondary N) is 1. The van der Waals surface area contributed by atoms with Crippen LogP contribution in [0.1, 0.15) is 39.2 Å². The van der Waals surface area contributed by atoms with E-state index in [0.29, 0.717) is 19.4 Å². The molecule has 0 saturated carbocycles. The number of benzene rings is 1. The van der Waals surface area contributed by atoms with Crippen molar-refractivity contribution >= 4 is 5.91 Å². The van der Waals surface area contributed by atoms with Gasteiger partial charge in [-0.2, -0.15) is 0 Å². The number of amides is 1. The molecular weight excluding hydrogens is 254 g/mol. The number of ether oxygens (including phenoxy) is 1. The lowest BCUT2D eigenvalue weighted by molar-refractivity contribution is -0.124. The van der Waals surface area contributed by atoms with Crippen LogP contribution in [0.4, 0.5) is 0 Å². The molecule has 0 aromatic heterocycles. The summed E-state index contributed by atoms with van der Waals surface area (Å²) in [5.74, 6) is 0.793. The van der Waals surface area contributed by atoms with E-state index in [1.165, 1.54) is 0 Å². The topological polar surface area (TPSA) is 58.6 Å². The zero-order valence-electron chi connectivity index (χ0n) is 12.8. The van der Waals surface area contributed by atoms with Crippen LogP contribution in [-0.2, 0) is 4.79 Å². The highest BCUT2D eigenvalue weighted by atomic mass is 16.5. The smallest absolute Gasteiger partial charge is 0.220 e. The van der Waals surface area contributed by atoms with Crippen molar-refractivity contribution in [2.45, 2.75) is 52.2 Å². The van der Waals surface area contributed by atoms with Gasteiger partial charge in [-0.3, -0.25) is 4.79 Å². The summed E-state index contributed by atoms with van der Waals surface area (Å²) in [4.78, 5) is 11.8. The Hall–Kier alpha value is -1.55. The highest BCUT2D eigenvalue weighted by molar-refractivity contribution is 5.76. The average Bonchev–Trinajstić information content (AvgIpc) is 2.35. The zero-order chi connectivity index (χ0) is 15.2. The molecule has 0 radical (unpaired) electrons. The van der Waals surface area contributed by atoms with E-state index >= 15 is 0 Å². The summed E-state index contributed by atoms with van der Waals surface area (Å²) < 4.78 is 5.64. The summed E-state index contributed by atoms with van der Waals surface area (Å²) in [5.41, 5.74) is 0.487. The number of rotatable bonds is 7. The number of aliphatic hydroxyl groups is 1. The van der Waals surface area contributed by atoms with Gasteiger partial charge in [0.15, 0.2) is 0 Å². The fourth-order valence-corrected chi connectivity index (χ4v) is 1.66. The van der Waals surface area contributed by atoms with E-state index < -0.39 is 11.6 Å². The van der Waals surface area contributed by atoms with Crippen LogP contribution in [0.25, 0.3) is 0 Å². The van der Waals surface area contributed by atoms with Crippen molar-refractivity contribution in [2.75, 3.05) is 6.61 Å². The second-order valence-corrected chi connectivity index (χ2v) is 5.66. The quantitative estimate of drug-likeness (QED) is 0.754. The maximum atomic E-state index is 11.8. The van der Waals surface area contributed by atoms with Crippen molar-refractivity contribution in [3.8, 4) is 5.75 Å². The highest BCUT2D eigenvalue weighted by Gasteiger charge is 2.25. The molecule has 4 nitrogen and oxygen atoms in total. The summed E-state index contributed by atoms with van der Waals surface area (Å²) in [6, 6.07) is 7.81. The Bertz CT molecular complexity index is 441. The van der Waals surface area contributed by atoms with E-state index in [2.05, 4.69) is 5.32 Å². The lowest BCUT2D eigenvalue weighted by Crippen LogP contribution is -2.50. The van der Waals surface area contributed by atoms with Gasteiger partial charge in [0.25, 0.3) is 0 Å². The monoisotopic (exact) mass is 279 g/mol. The number of carbonyl (C=O) groups excluding carboxylic acids is 1. The van der Waals surface area contributed by atoms with Gasteiger partial charge in [-0.05, 0) is 45.7 Å². The molecule has 112 valence electrons. The molecule has 1 aromatic carbocycles. The molecule has 0 heterocycles. The van der Waals surface area contributed by atoms with E-state index in [1.807, 2.05) is 31.2 Å². The van der Waals surface area contributed by atoms with Gasteiger partial charge in [0.05, 0.1) is 18.2 Å². The fraction of sp³-hybridized carbons (Fsp3) is 0.562. The Balaban J connectivity index is 2.28. The number of para-hydroxylation sites is 1. The van der Waals surface area contributed by atoms with E-state index in [9.17, 15) is 9.90 Å². The molecule has 4 heteroatoms. The van der Waals surface area contributed by atoms with Crippen molar-refractivity contribution in [1.29, 1.82) is 0 Å². The number of hydrogen-bond donors (Lipinski definition) is 2. The molecule has 1 unspecified atom stereocenters. The van der Waals surface area contributed by atoms with E-state index in [1.54, 1.807) is 20.8 Å². The predicted molar refractivity (Wildman–Crippen MR) is 79.8 cm³/mol. The normalized spacial score (nSPS) is 12.8. The molecule has 0 fully saturated rings. The van der Waals surface area contributed by atoms with Crippen LogP contribution in [-0.4, -0.2) is 29.3 Å². The van der Waals surface area contributed by atoms with Crippen molar-refractivity contribution in [3.63, 3.8) is 0 Å². The molecule has 0 bridgehead atoms. The predicted octanol–water partition coefficient (Wildman–Crippen LogP) is 2.43. The fourth-order valence-electron chi connectivity index (χ4n) is 1.66. The molecule has 0 aliphatic carbocycles. The average molecular weight is 279 g/mol. The Morgan fingerprint density at radius 1 is 1.40 bits per heavy atom. The van der Waals surface area contributed by atoms with Gasteiger partial charge < -0.3 is 15.2 Å². The molecular formula is C16H25NO3. The number of carbonyl (C=O) groups is 1. The number of aliphatic hydroxyl groups excluding tert-OH is 1. The van der Waals surface area contributed by atoms with Gasteiger partial charge in [-0.25, -0.2) is 0 Å². The maximum absolute atomic E-state index is 11.8. The van der Waals surface area contributed by atoms with Crippen molar-refractivity contribution < 1.29 is 14.6 Å². The van der Waals surface area contributed by atoms with Gasteiger partial charge in [0.1, 0.15) is 5.75 Å². The molecule has 0 aliphatic heterocycles. The van der Waals surface area contributed by atoms with Crippen LogP contribution < -0.4 is 10.1 Å². The highest BCUT2D eigenvalue weighted by Crippen LogP contribution is 2.16. The SMILES string of the molecule is Cc1ccccc1OCCCC(=O)NC(C)(C)C(C)O. The van der Waals surface area contributed by atoms with Gasteiger partial charge in [-0.1, -0.05) is 18.2 Å². The Labute approximate surface area is 121 Å². The van der Waals surface area contributed by atoms with Crippen molar-refractivity contribution in [2.24, 2.45) is 0 Å². The van der Waals surface area contributed by atoms with Crippen LogP contribution >= 0.6 is 0 Å². The molecule has 20 heavy (non-hydrogen) atoms. The molecule has 1 amide bonds. The van der Waals surface area contributed by atoms with Gasteiger partial charge >= 0.3 is 0 Å². The molecule has 1 atom stereocenters. The second-order valence-electron chi connectivity index (χ2n) is 5.66. The van der Waals surface area contributed by atoms with E-state index in [4.69, 9.17) is 4.74 Å². The first kappa shape index (κ1) is 16.5. The lowest BCUT2D eigenvalue weighted by atomic mass is 9.98. The van der Waals surface area contributed by atoms with E-state index in [-0.39, 0.29) is 5.91 Å². The summed E-state index contributed by atoms with van der Waals surface area (Å²) in [7, 11) is 0. The van der Waals surface area contributed by atoms with E-state index in [0.717, 1.165) is 11.3 Å². The van der Waals surface area contributed by atoms with Crippen LogP contribution in [0, 0.1) is 6.92 Å². The third-order valence-corrected chi connectivity index (χ3v) is 3.41. The lowest BCUT2D eigenvalue weighted by Gasteiger charge is -2.29. The first-order chi connectivity index (χ1) is 9.33. The second kappa shape index (κ2) is 7.29. The largest absolute Gasteiger partial charge is 0.493 e. The first-order valence-corrected chi connectivity index (χ1v) is 7.00. The zero-order valence-corrected chi connectivity index (χ0v) is 12.8. The standard InChI is InChI=1S/C16H25NO3/c1-12-8-5-6-9-14(12)20-11-7-10-15(19)17-16(3,4)13(2)18/h5-6,8-9,13,18H,7,10-11H2,1-4H3,(H,17,19). The molecule has 1 rings (SSSR count). The number of hydrogen-bond acceptors (Lipinski definition) is 3. The summed E-state index contributed by atoms with van der Waals surface area (Å²) in [5, 5.41) is 12.4. The molecule has 0 aliphatic rings. The number of aryl methyl sites for hydroxylation is 1. The summed E-state index contributed by atoms with van der Waals surface area (Å²) in [6.07, 6.45) is 0.452. The van der Waals surface area contributed by atoms with Crippen LogP contribution in [0.5, 0.6) is 5.75 Å². The molecule has 1 aromatic rings.